The van der Waals surface area contributed by atoms with Gasteiger partial charge in [-0.05, 0) is 55.5 Å². The summed E-state index contributed by atoms with van der Waals surface area (Å²) >= 11 is 0. The van der Waals surface area contributed by atoms with Gasteiger partial charge in [-0.2, -0.15) is 4.98 Å². The van der Waals surface area contributed by atoms with E-state index in [2.05, 4.69) is 20.6 Å². The second-order valence-corrected chi connectivity index (χ2v) is 8.20. The number of aromatic amines is 1. The number of hydrogen-bond donors (Lipinski definition) is 6. The minimum atomic E-state index is -1.02. The number of carbonyl (C=O) groups excluding carboxylic acids is 1. The Hall–Kier alpha value is -3.60. The molecular weight excluding hydrogens is 414 g/mol. The summed E-state index contributed by atoms with van der Waals surface area (Å²) in [6.45, 7) is 1.89. The van der Waals surface area contributed by atoms with E-state index in [1.165, 1.54) is 4.90 Å². The van der Waals surface area contributed by atoms with Gasteiger partial charge in [0.15, 0.2) is 0 Å². The van der Waals surface area contributed by atoms with Crippen molar-refractivity contribution in [1.82, 2.24) is 14.9 Å². The van der Waals surface area contributed by atoms with Crippen LogP contribution in [0.2, 0.25) is 0 Å². The number of aliphatic carboxylic acids is 1. The molecule has 32 heavy (non-hydrogen) atoms. The first-order chi connectivity index (χ1) is 15.4. The molecule has 4 rings (SSSR count). The van der Waals surface area contributed by atoms with Crippen LogP contribution in [-0.4, -0.2) is 57.5 Å². The van der Waals surface area contributed by atoms with Crippen molar-refractivity contribution in [3.8, 4) is 0 Å². The van der Waals surface area contributed by atoms with Crippen molar-refractivity contribution in [3.05, 3.63) is 45.2 Å². The molecule has 2 aliphatic rings. The number of amides is 1. The Morgan fingerprint density at radius 2 is 2.19 bits per heavy atom. The molecule has 170 valence electrons. The fourth-order valence-electron chi connectivity index (χ4n) is 4.29. The van der Waals surface area contributed by atoms with Crippen molar-refractivity contribution in [1.29, 1.82) is 0 Å². The van der Waals surface area contributed by atoms with Crippen LogP contribution < -0.4 is 27.7 Å². The van der Waals surface area contributed by atoms with Gasteiger partial charge in [-0.3, -0.25) is 14.6 Å². The van der Waals surface area contributed by atoms with Crippen LogP contribution in [-0.2, 0) is 17.8 Å². The molecule has 0 spiro atoms. The lowest BCUT2D eigenvalue weighted by Crippen LogP contribution is -2.41. The SMILES string of the molecule is NCCC[C@@H](C(=O)O)N1Cc2cc(NC[C@@H]3CNc4nc(N)[nH]c(=O)c4C3)ccc2C1=O. The lowest BCUT2D eigenvalue weighted by atomic mass is 9.96. The highest BCUT2D eigenvalue weighted by Gasteiger charge is 2.36. The first-order valence-corrected chi connectivity index (χ1v) is 10.6. The molecule has 0 unspecified atom stereocenters. The molecule has 0 saturated carbocycles. The molecular formula is C21H27N7O4. The molecule has 3 heterocycles. The maximum atomic E-state index is 12.8. The summed E-state index contributed by atoms with van der Waals surface area (Å²) in [6.07, 6.45) is 1.43. The molecule has 11 nitrogen and oxygen atoms in total. The van der Waals surface area contributed by atoms with E-state index in [0.717, 1.165) is 11.3 Å². The number of carbonyl (C=O) groups is 2. The number of benzene rings is 1. The van der Waals surface area contributed by atoms with E-state index in [1.54, 1.807) is 6.07 Å². The van der Waals surface area contributed by atoms with E-state index in [-0.39, 0.29) is 29.9 Å². The van der Waals surface area contributed by atoms with Crippen LogP contribution in [0.4, 0.5) is 17.5 Å². The van der Waals surface area contributed by atoms with Crippen LogP contribution >= 0.6 is 0 Å². The predicted molar refractivity (Wildman–Crippen MR) is 119 cm³/mol. The third kappa shape index (κ3) is 4.24. The normalized spacial score (nSPS) is 18.0. The standard InChI is InChI=1S/C21H27N7O4/c22-5-1-2-16(20(31)32)28-10-12-7-13(3-4-14(12)19(28)30)24-8-11-6-15-17(25-9-11)26-21(23)27-18(15)29/h3-4,7,11,16,24H,1-2,5-6,8-10,22H2,(H,31,32)(H4,23,25,26,27,29)/t11-,16+/m1/s1. The number of rotatable bonds is 8. The Balaban J connectivity index is 1.41. The zero-order chi connectivity index (χ0) is 22.8. The number of H-pyrrole nitrogens is 1. The van der Waals surface area contributed by atoms with E-state index in [1.807, 2.05) is 12.1 Å². The lowest BCUT2D eigenvalue weighted by molar-refractivity contribution is -0.142. The van der Waals surface area contributed by atoms with Gasteiger partial charge in [-0.25, -0.2) is 4.79 Å². The van der Waals surface area contributed by atoms with Gasteiger partial charge in [0.1, 0.15) is 11.9 Å². The van der Waals surface area contributed by atoms with Gasteiger partial charge in [0.25, 0.3) is 11.5 Å². The van der Waals surface area contributed by atoms with E-state index in [4.69, 9.17) is 11.5 Å². The monoisotopic (exact) mass is 441 g/mol. The highest BCUT2D eigenvalue weighted by molar-refractivity contribution is 6.00. The average molecular weight is 441 g/mol. The number of hydrogen-bond acceptors (Lipinski definition) is 8. The second-order valence-electron chi connectivity index (χ2n) is 8.20. The van der Waals surface area contributed by atoms with E-state index in [0.29, 0.717) is 55.8 Å². The van der Waals surface area contributed by atoms with Crippen molar-refractivity contribution in [2.45, 2.75) is 31.8 Å². The Labute approximate surface area is 184 Å². The fraction of sp³-hybridized carbons (Fsp3) is 0.429. The zero-order valence-electron chi connectivity index (χ0n) is 17.6. The lowest BCUT2D eigenvalue weighted by Gasteiger charge is -2.25. The van der Waals surface area contributed by atoms with Crippen LogP contribution in [0.15, 0.2) is 23.0 Å². The minimum absolute atomic E-state index is 0.0905. The first-order valence-electron chi connectivity index (χ1n) is 10.6. The first kappa shape index (κ1) is 21.6. The zero-order valence-corrected chi connectivity index (χ0v) is 17.6. The quantitative estimate of drug-likeness (QED) is 0.333. The average Bonchev–Trinajstić information content (AvgIpc) is 3.08. The summed E-state index contributed by atoms with van der Waals surface area (Å²) in [5, 5.41) is 16.1. The smallest absolute Gasteiger partial charge is 0.326 e. The van der Waals surface area contributed by atoms with Crippen molar-refractivity contribution in [3.63, 3.8) is 0 Å². The molecule has 0 fully saturated rings. The Kier molecular flexibility index (Phi) is 5.99. The van der Waals surface area contributed by atoms with Crippen molar-refractivity contribution in [2.75, 3.05) is 36.0 Å². The van der Waals surface area contributed by atoms with Crippen molar-refractivity contribution >= 4 is 29.3 Å². The summed E-state index contributed by atoms with van der Waals surface area (Å²) in [7, 11) is 0. The van der Waals surface area contributed by atoms with Crippen LogP contribution in [0.3, 0.4) is 0 Å². The predicted octanol–water partition coefficient (Wildman–Crippen LogP) is 0.196. The third-order valence-corrected chi connectivity index (χ3v) is 5.96. The third-order valence-electron chi connectivity index (χ3n) is 5.96. The highest BCUT2D eigenvalue weighted by atomic mass is 16.4. The second kappa shape index (κ2) is 8.87. The van der Waals surface area contributed by atoms with Gasteiger partial charge >= 0.3 is 5.97 Å². The van der Waals surface area contributed by atoms with Crippen LogP contribution in [0, 0.1) is 5.92 Å². The molecule has 11 heteroatoms. The van der Waals surface area contributed by atoms with E-state index >= 15 is 0 Å². The van der Waals surface area contributed by atoms with Gasteiger partial charge in [-0.15, -0.1) is 0 Å². The van der Waals surface area contributed by atoms with Crippen molar-refractivity contribution < 1.29 is 14.7 Å². The van der Waals surface area contributed by atoms with Gasteiger partial charge in [0.2, 0.25) is 5.95 Å². The number of anilines is 3. The summed E-state index contributed by atoms with van der Waals surface area (Å²) in [5.74, 6) is -0.508. The molecule has 1 amide bonds. The maximum Gasteiger partial charge on any atom is 0.326 e. The maximum absolute atomic E-state index is 12.8. The Morgan fingerprint density at radius 3 is 2.94 bits per heavy atom. The Bertz CT molecular complexity index is 1100. The molecule has 2 aliphatic heterocycles. The highest BCUT2D eigenvalue weighted by Crippen LogP contribution is 2.29. The topological polar surface area (TPSA) is 179 Å². The van der Waals surface area contributed by atoms with Crippen LogP contribution in [0.25, 0.3) is 0 Å². The van der Waals surface area contributed by atoms with Gasteiger partial charge in [0, 0.05) is 30.9 Å². The molecule has 2 atom stereocenters. The van der Waals surface area contributed by atoms with Crippen LogP contribution in [0.1, 0.15) is 34.3 Å². The summed E-state index contributed by atoms with van der Waals surface area (Å²) < 4.78 is 0. The van der Waals surface area contributed by atoms with Gasteiger partial charge in [0.05, 0.1) is 5.56 Å². The Morgan fingerprint density at radius 1 is 1.38 bits per heavy atom. The number of nitrogens with zero attached hydrogens (tertiary/aromatic N) is 2. The molecule has 1 aromatic carbocycles. The van der Waals surface area contributed by atoms with Gasteiger partial charge < -0.3 is 32.1 Å². The van der Waals surface area contributed by atoms with Crippen LogP contribution in [0.5, 0.6) is 0 Å². The summed E-state index contributed by atoms with van der Waals surface area (Å²) in [5.41, 5.74) is 13.6. The molecule has 0 aliphatic carbocycles. The number of nitrogens with one attached hydrogen (secondary N) is 3. The minimum Gasteiger partial charge on any atom is -0.480 e. The number of fused-ring (bicyclic) bond motifs is 2. The molecule has 0 bridgehead atoms. The summed E-state index contributed by atoms with van der Waals surface area (Å²) in [6, 6.07) is 4.54. The number of carboxylic acid groups (broad SMARTS) is 1. The van der Waals surface area contributed by atoms with E-state index < -0.39 is 12.0 Å². The van der Waals surface area contributed by atoms with E-state index in [9.17, 15) is 19.5 Å². The van der Waals surface area contributed by atoms with Crippen molar-refractivity contribution in [2.24, 2.45) is 11.7 Å². The molecule has 2 aromatic rings. The molecule has 8 N–H and O–H groups in total. The number of carboxylic acids is 1. The molecule has 0 radical (unpaired) electrons. The summed E-state index contributed by atoms with van der Waals surface area (Å²) in [4.78, 5) is 44.6. The van der Waals surface area contributed by atoms with Gasteiger partial charge in [-0.1, -0.05) is 0 Å². The number of nitrogens with two attached hydrogens (primary N) is 2. The largest absolute Gasteiger partial charge is 0.480 e. The number of aromatic nitrogens is 2. The molecule has 1 aromatic heterocycles. The molecule has 0 saturated heterocycles. The fourth-order valence-corrected chi connectivity index (χ4v) is 4.29. The number of nitrogen functional groups attached to an aromatic ring is 1.